The molecule has 148 valence electrons. The Balaban J connectivity index is 0. The van der Waals surface area contributed by atoms with Crippen LogP contribution in [0.15, 0.2) is 0 Å². The van der Waals surface area contributed by atoms with Gasteiger partial charge in [-0.25, -0.2) is 0 Å². The minimum Gasteiger partial charge on any atom is -0.298 e. The molecule has 0 aliphatic carbocycles. The average molecular weight is 344 g/mol. The molecule has 24 heavy (non-hydrogen) atoms. The van der Waals surface area contributed by atoms with Gasteiger partial charge in [-0.3, -0.25) is 14.7 Å². The predicted octanol–water partition coefficient (Wildman–Crippen LogP) is 4.96. The molecule has 3 heteroatoms. The van der Waals surface area contributed by atoms with Gasteiger partial charge in [-0.1, -0.05) is 13.8 Å². The van der Waals surface area contributed by atoms with Gasteiger partial charge in [-0.15, -0.1) is 0 Å². The number of nitrogens with zero attached hydrogens (tertiary/aromatic N) is 3. The number of hydrogen-bond acceptors (Lipinski definition) is 3. The zero-order chi connectivity index (χ0) is 19.4. The Kier molecular flexibility index (Phi) is 15.3. The van der Waals surface area contributed by atoms with E-state index in [1.807, 2.05) is 13.8 Å². The van der Waals surface area contributed by atoms with Gasteiger partial charge in [0.05, 0.1) is 0 Å². The molecule has 0 fully saturated rings. The fourth-order valence-electron chi connectivity index (χ4n) is 3.34. The lowest BCUT2D eigenvalue weighted by molar-refractivity contribution is 0.103. The Morgan fingerprint density at radius 3 is 0.833 bits per heavy atom. The van der Waals surface area contributed by atoms with Crippen LogP contribution >= 0.6 is 0 Å². The maximum atomic E-state index is 2.63. The fraction of sp³-hybridized carbons (Fsp3) is 1.00. The first-order chi connectivity index (χ1) is 11.1. The molecule has 0 radical (unpaired) electrons. The lowest BCUT2D eigenvalue weighted by Crippen LogP contribution is -2.48. The number of rotatable bonds is 11. The summed E-state index contributed by atoms with van der Waals surface area (Å²) in [6.45, 7) is 31.7. The summed E-state index contributed by atoms with van der Waals surface area (Å²) >= 11 is 0. The van der Waals surface area contributed by atoms with Crippen LogP contribution in [-0.2, 0) is 0 Å². The first-order valence-corrected chi connectivity index (χ1v) is 10.3. The highest BCUT2D eigenvalue weighted by Crippen LogP contribution is 2.09. The summed E-state index contributed by atoms with van der Waals surface area (Å²) in [5.74, 6) is 0. The molecule has 0 aromatic carbocycles. The van der Waals surface area contributed by atoms with E-state index in [1.165, 1.54) is 0 Å². The van der Waals surface area contributed by atoms with Crippen molar-refractivity contribution < 1.29 is 0 Å². The molecule has 0 bridgehead atoms. The number of hydrogen-bond donors (Lipinski definition) is 0. The van der Waals surface area contributed by atoms with Crippen LogP contribution < -0.4 is 0 Å². The van der Waals surface area contributed by atoms with Gasteiger partial charge in [0.2, 0.25) is 0 Å². The van der Waals surface area contributed by atoms with Crippen molar-refractivity contribution in [2.45, 2.75) is 113 Å². The molecule has 0 aliphatic heterocycles. The van der Waals surface area contributed by atoms with Crippen LogP contribution in [0.1, 0.15) is 83.1 Å². The molecule has 0 heterocycles. The molecule has 0 aliphatic rings. The van der Waals surface area contributed by atoms with Crippen LogP contribution in [0.2, 0.25) is 0 Å². The summed E-state index contributed by atoms with van der Waals surface area (Å²) in [6, 6.07) is 3.10. The van der Waals surface area contributed by atoms with Gasteiger partial charge >= 0.3 is 0 Å². The summed E-state index contributed by atoms with van der Waals surface area (Å²) in [4.78, 5) is 7.82. The zero-order valence-electron chi connectivity index (χ0n) is 19.1. The molecule has 3 nitrogen and oxygen atoms in total. The van der Waals surface area contributed by atoms with E-state index >= 15 is 0 Å². The topological polar surface area (TPSA) is 9.72 Å². The van der Waals surface area contributed by atoms with Crippen LogP contribution in [0, 0.1) is 0 Å². The van der Waals surface area contributed by atoms with Crippen molar-refractivity contribution in [1.29, 1.82) is 0 Å². The first-order valence-electron chi connectivity index (χ1n) is 10.3. The van der Waals surface area contributed by atoms with Gasteiger partial charge in [0.15, 0.2) is 0 Å². The Hall–Kier alpha value is -0.120. The van der Waals surface area contributed by atoms with Gasteiger partial charge < -0.3 is 0 Å². The predicted molar refractivity (Wildman–Crippen MR) is 112 cm³/mol. The van der Waals surface area contributed by atoms with Crippen LogP contribution in [0.5, 0.6) is 0 Å². The van der Waals surface area contributed by atoms with E-state index in [0.29, 0.717) is 30.2 Å². The summed E-state index contributed by atoms with van der Waals surface area (Å²) in [6.07, 6.45) is 0. The molecule has 0 rings (SSSR count). The van der Waals surface area contributed by atoms with Crippen LogP contribution in [0.3, 0.4) is 0 Å². The molecule has 0 saturated heterocycles. The molecular formula is C21H49N3. The van der Waals surface area contributed by atoms with Crippen molar-refractivity contribution in [3.05, 3.63) is 0 Å². The lowest BCUT2D eigenvalue weighted by Gasteiger charge is -2.37. The molecule has 0 atom stereocenters. The summed E-state index contributed by atoms with van der Waals surface area (Å²) in [5, 5.41) is 0. The van der Waals surface area contributed by atoms with Crippen molar-refractivity contribution in [1.82, 2.24) is 14.7 Å². The minimum absolute atomic E-state index is 0.613. The van der Waals surface area contributed by atoms with Gasteiger partial charge in [0.25, 0.3) is 0 Å². The smallest absolute Gasteiger partial charge is 0.0115 e. The van der Waals surface area contributed by atoms with Crippen molar-refractivity contribution in [3.8, 4) is 0 Å². The van der Waals surface area contributed by atoms with Crippen LogP contribution in [0.4, 0.5) is 0 Å². The highest BCUT2D eigenvalue weighted by molar-refractivity contribution is 4.74. The van der Waals surface area contributed by atoms with Crippen molar-refractivity contribution in [2.24, 2.45) is 0 Å². The molecule has 0 saturated carbocycles. The second-order valence-electron chi connectivity index (χ2n) is 7.98. The second kappa shape index (κ2) is 14.1. The highest BCUT2D eigenvalue weighted by atomic mass is 15.3. The lowest BCUT2D eigenvalue weighted by atomic mass is 10.2. The third kappa shape index (κ3) is 10.7. The zero-order valence-corrected chi connectivity index (χ0v) is 19.1. The molecular weight excluding hydrogens is 294 g/mol. The van der Waals surface area contributed by atoms with Crippen molar-refractivity contribution in [2.75, 3.05) is 26.2 Å². The largest absolute Gasteiger partial charge is 0.298 e. The van der Waals surface area contributed by atoms with Crippen LogP contribution in [-0.4, -0.2) is 71.1 Å². The van der Waals surface area contributed by atoms with E-state index in [9.17, 15) is 0 Å². The molecule has 0 spiro atoms. The summed E-state index contributed by atoms with van der Waals surface area (Å²) < 4.78 is 0. The Bertz CT molecular complexity index is 232. The first kappa shape index (κ1) is 26.1. The molecule has 0 N–H and O–H groups in total. The van der Waals surface area contributed by atoms with Crippen LogP contribution in [0.25, 0.3) is 0 Å². The van der Waals surface area contributed by atoms with Crippen molar-refractivity contribution >= 4 is 0 Å². The summed E-state index contributed by atoms with van der Waals surface area (Å²) in [7, 11) is 0. The van der Waals surface area contributed by atoms with Gasteiger partial charge in [-0.2, -0.15) is 0 Å². The van der Waals surface area contributed by atoms with E-state index in [4.69, 9.17) is 0 Å². The molecule has 0 aromatic heterocycles. The Morgan fingerprint density at radius 2 is 0.667 bits per heavy atom. The van der Waals surface area contributed by atoms with E-state index in [1.54, 1.807) is 0 Å². The van der Waals surface area contributed by atoms with E-state index in [0.717, 1.165) is 26.2 Å². The maximum absolute atomic E-state index is 2.63. The molecule has 0 unspecified atom stereocenters. The normalized spacial score (nSPS) is 12.5. The van der Waals surface area contributed by atoms with Gasteiger partial charge in [0.1, 0.15) is 0 Å². The molecule has 0 aromatic rings. The second-order valence-corrected chi connectivity index (χ2v) is 7.98. The maximum Gasteiger partial charge on any atom is 0.0115 e. The Morgan fingerprint density at radius 1 is 0.417 bits per heavy atom. The van der Waals surface area contributed by atoms with E-state index in [2.05, 4.69) is 83.9 Å². The minimum atomic E-state index is 0.613. The third-order valence-electron chi connectivity index (χ3n) is 4.67. The SMILES string of the molecule is CC.CC(C)N(CCN(C(C)C)C(C)C)CCN(C(C)C)C(C)C. The Labute approximate surface area is 154 Å². The standard InChI is InChI=1S/C19H43N3.C2H6/c1-15(2)20(11-13-21(16(3)4)17(5)6)12-14-22(18(7)8)19(9)10;1-2/h15-19H,11-14H2,1-10H3;1-2H3. The quantitative estimate of drug-likeness (QED) is 0.525. The van der Waals surface area contributed by atoms with E-state index in [-0.39, 0.29) is 0 Å². The van der Waals surface area contributed by atoms with Gasteiger partial charge in [0, 0.05) is 56.4 Å². The fourth-order valence-corrected chi connectivity index (χ4v) is 3.34. The van der Waals surface area contributed by atoms with Crippen molar-refractivity contribution in [3.63, 3.8) is 0 Å². The van der Waals surface area contributed by atoms with E-state index < -0.39 is 0 Å². The average Bonchev–Trinajstić information content (AvgIpc) is 2.45. The third-order valence-corrected chi connectivity index (χ3v) is 4.67. The highest BCUT2D eigenvalue weighted by Gasteiger charge is 2.19. The van der Waals surface area contributed by atoms with Gasteiger partial charge in [-0.05, 0) is 69.2 Å². The molecule has 0 amide bonds. The monoisotopic (exact) mass is 343 g/mol. The summed E-state index contributed by atoms with van der Waals surface area (Å²) in [5.41, 5.74) is 0.